The van der Waals surface area contributed by atoms with Crippen LogP contribution >= 0.6 is 0 Å². The van der Waals surface area contributed by atoms with Gasteiger partial charge in [-0.15, -0.1) is 0 Å². The second-order valence-electron chi connectivity index (χ2n) is 7.67. The fourth-order valence-electron chi connectivity index (χ4n) is 5.16. The van der Waals surface area contributed by atoms with Crippen LogP contribution < -0.4 is 0 Å². The first kappa shape index (κ1) is 15.4. The number of fused-ring (bicyclic) bond motifs is 1. The van der Waals surface area contributed by atoms with Crippen molar-refractivity contribution in [3.63, 3.8) is 0 Å². The number of ether oxygens (including phenoxy) is 2. The molecule has 0 spiro atoms. The minimum Gasteiger partial charge on any atom is -0.459 e. The van der Waals surface area contributed by atoms with E-state index in [1.165, 1.54) is 0 Å². The van der Waals surface area contributed by atoms with Crippen LogP contribution in [-0.4, -0.2) is 72.7 Å². The number of hydrogen-bond donors (Lipinski definition) is 0. The Morgan fingerprint density at radius 2 is 2.04 bits per heavy atom. The number of carbonyl (C=O) groups is 2. The standard InChI is InChI=1S/C17H26N2O4/c1-10(2)19-15-12-7-11(8-13(12)17(19)21)16(15)23-14(20)9-18-3-5-22-6-4-18/h10-13,15-16H,3-9H2,1-2H3. The van der Waals surface area contributed by atoms with Gasteiger partial charge in [0.05, 0.1) is 25.8 Å². The van der Waals surface area contributed by atoms with Crippen molar-refractivity contribution < 1.29 is 19.1 Å². The summed E-state index contributed by atoms with van der Waals surface area (Å²) in [6, 6.07) is 0.289. The number of likely N-dealkylation sites (tertiary alicyclic amines) is 1. The first-order valence-electron chi connectivity index (χ1n) is 8.88. The summed E-state index contributed by atoms with van der Waals surface area (Å²) in [6.07, 6.45) is 1.84. The van der Waals surface area contributed by atoms with Crippen LogP contribution in [0.25, 0.3) is 0 Å². The van der Waals surface area contributed by atoms with E-state index in [4.69, 9.17) is 9.47 Å². The number of rotatable bonds is 4. The minimum atomic E-state index is -0.149. The maximum absolute atomic E-state index is 12.6. The van der Waals surface area contributed by atoms with Crippen LogP contribution in [-0.2, 0) is 19.1 Å². The number of esters is 1. The van der Waals surface area contributed by atoms with Crippen LogP contribution in [0.4, 0.5) is 0 Å². The Morgan fingerprint density at radius 1 is 1.30 bits per heavy atom. The summed E-state index contributed by atoms with van der Waals surface area (Å²) in [5.41, 5.74) is 0. The van der Waals surface area contributed by atoms with E-state index in [0.717, 1.165) is 25.9 Å². The summed E-state index contributed by atoms with van der Waals surface area (Å²) in [5, 5.41) is 0. The van der Waals surface area contributed by atoms with E-state index in [1.807, 2.05) is 4.90 Å². The van der Waals surface area contributed by atoms with Crippen molar-refractivity contribution >= 4 is 11.9 Å². The summed E-state index contributed by atoms with van der Waals surface area (Å²) in [6.45, 7) is 7.39. The number of nitrogens with zero attached hydrogens (tertiary/aromatic N) is 2. The average molecular weight is 322 g/mol. The van der Waals surface area contributed by atoms with Crippen molar-refractivity contribution in [1.29, 1.82) is 0 Å². The van der Waals surface area contributed by atoms with E-state index in [1.54, 1.807) is 0 Å². The van der Waals surface area contributed by atoms with E-state index in [2.05, 4.69) is 18.7 Å². The molecule has 1 amide bonds. The molecular weight excluding hydrogens is 296 g/mol. The van der Waals surface area contributed by atoms with Gasteiger partial charge in [0.15, 0.2) is 0 Å². The molecular formula is C17H26N2O4. The normalized spacial score (nSPS) is 39.5. The molecule has 2 saturated carbocycles. The first-order valence-corrected chi connectivity index (χ1v) is 8.88. The monoisotopic (exact) mass is 322 g/mol. The second kappa shape index (κ2) is 5.74. The summed E-state index contributed by atoms with van der Waals surface area (Å²) in [5.74, 6) is 1.09. The fraction of sp³-hybridized carbons (Fsp3) is 0.882. The van der Waals surface area contributed by atoms with E-state index in [0.29, 0.717) is 31.6 Å². The Labute approximate surface area is 137 Å². The van der Waals surface area contributed by atoms with Gasteiger partial charge in [0.1, 0.15) is 6.10 Å². The van der Waals surface area contributed by atoms with Gasteiger partial charge in [-0.3, -0.25) is 14.5 Å². The predicted octanol–water partition coefficient (Wildman–Crippen LogP) is 0.506. The van der Waals surface area contributed by atoms with E-state index < -0.39 is 0 Å². The zero-order valence-corrected chi connectivity index (χ0v) is 13.9. The maximum atomic E-state index is 12.6. The molecule has 6 heteroatoms. The third-order valence-electron chi connectivity index (χ3n) is 6.06. The molecule has 4 rings (SSSR count). The third-order valence-corrected chi connectivity index (χ3v) is 6.06. The molecule has 2 aliphatic heterocycles. The second-order valence-corrected chi connectivity index (χ2v) is 7.67. The highest BCUT2D eigenvalue weighted by atomic mass is 16.5. The molecule has 0 aromatic rings. The molecule has 2 saturated heterocycles. The minimum absolute atomic E-state index is 0.0985. The van der Waals surface area contributed by atoms with Crippen LogP contribution in [0, 0.1) is 17.8 Å². The molecule has 2 aliphatic carbocycles. The Balaban J connectivity index is 1.43. The van der Waals surface area contributed by atoms with Crippen LogP contribution in [0.5, 0.6) is 0 Å². The quantitative estimate of drug-likeness (QED) is 0.706. The number of carbonyl (C=O) groups excluding carboxylic acids is 2. The van der Waals surface area contributed by atoms with Crippen molar-refractivity contribution in [2.24, 2.45) is 17.8 Å². The van der Waals surface area contributed by atoms with Gasteiger partial charge < -0.3 is 14.4 Å². The molecule has 0 aromatic heterocycles. The summed E-state index contributed by atoms with van der Waals surface area (Å²) < 4.78 is 11.2. The summed E-state index contributed by atoms with van der Waals surface area (Å²) in [7, 11) is 0. The number of amides is 1. The number of hydrogen-bond acceptors (Lipinski definition) is 5. The summed E-state index contributed by atoms with van der Waals surface area (Å²) in [4.78, 5) is 29.0. The van der Waals surface area contributed by atoms with Crippen molar-refractivity contribution in [2.45, 2.75) is 44.9 Å². The molecule has 2 heterocycles. The summed E-state index contributed by atoms with van der Waals surface area (Å²) >= 11 is 0. The van der Waals surface area contributed by atoms with E-state index in [9.17, 15) is 9.59 Å². The van der Waals surface area contributed by atoms with Gasteiger partial charge in [0, 0.05) is 25.0 Å². The molecule has 0 N–H and O–H groups in total. The largest absolute Gasteiger partial charge is 0.459 e. The Morgan fingerprint density at radius 3 is 2.74 bits per heavy atom. The van der Waals surface area contributed by atoms with Crippen LogP contribution in [0.15, 0.2) is 0 Å². The van der Waals surface area contributed by atoms with Crippen molar-refractivity contribution in [3.8, 4) is 0 Å². The predicted molar refractivity (Wildman–Crippen MR) is 82.6 cm³/mol. The average Bonchev–Trinajstić information content (AvgIpc) is 3.12. The van der Waals surface area contributed by atoms with E-state index >= 15 is 0 Å². The van der Waals surface area contributed by atoms with Gasteiger partial charge in [-0.05, 0) is 38.5 Å². The molecule has 0 aromatic carbocycles. The highest BCUT2D eigenvalue weighted by Gasteiger charge is 2.64. The van der Waals surface area contributed by atoms with Crippen molar-refractivity contribution in [2.75, 3.05) is 32.8 Å². The lowest BCUT2D eigenvalue weighted by molar-refractivity contribution is -0.157. The molecule has 2 bridgehead atoms. The third kappa shape index (κ3) is 2.47. The zero-order chi connectivity index (χ0) is 16.1. The SMILES string of the molecule is CC(C)N1C(=O)C2CC3CC2C1C3OC(=O)CN1CCOCC1. The molecule has 0 radical (unpaired) electrons. The molecule has 128 valence electrons. The molecule has 23 heavy (non-hydrogen) atoms. The molecule has 4 fully saturated rings. The van der Waals surface area contributed by atoms with Crippen molar-refractivity contribution in [3.05, 3.63) is 0 Å². The topological polar surface area (TPSA) is 59.1 Å². The molecule has 6 nitrogen and oxygen atoms in total. The Kier molecular flexibility index (Phi) is 3.84. The Bertz CT molecular complexity index is 503. The smallest absolute Gasteiger partial charge is 0.320 e. The van der Waals surface area contributed by atoms with Gasteiger partial charge in [0.25, 0.3) is 0 Å². The van der Waals surface area contributed by atoms with Gasteiger partial charge in [0.2, 0.25) is 5.91 Å². The Hall–Kier alpha value is -1.14. The highest BCUT2D eigenvalue weighted by Crippen LogP contribution is 2.56. The lowest BCUT2D eigenvalue weighted by Crippen LogP contribution is -2.48. The molecule has 5 unspecified atom stereocenters. The number of morpholine rings is 1. The van der Waals surface area contributed by atoms with Crippen LogP contribution in [0.2, 0.25) is 0 Å². The lowest BCUT2D eigenvalue weighted by atomic mass is 9.87. The maximum Gasteiger partial charge on any atom is 0.320 e. The highest BCUT2D eigenvalue weighted by molar-refractivity contribution is 5.84. The molecule has 4 aliphatic rings. The van der Waals surface area contributed by atoms with Gasteiger partial charge in [-0.1, -0.05) is 0 Å². The van der Waals surface area contributed by atoms with Gasteiger partial charge >= 0.3 is 5.97 Å². The first-order chi connectivity index (χ1) is 11.1. The van der Waals surface area contributed by atoms with Crippen molar-refractivity contribution in [1.82, 2.24) is 9.80 Å². The lowest BCUT2D eigenvalue weighted by Gasteiger charge is -2.34. The molecule has 5 atom stereocenters. The zero-order valence-electron chi connectivity index (χ0n) is 13.9. The van der Waals surface area contributed by atoms with E-state index in [-0.39, 0.29) is 36.0 Å². The van der Waals surface area contributed by atoms with Gasteiger partial charge in [-0.25, -0.2) is 0 Å². The van der Waals surface area contributed by atoms with Crippen LogP contribution in [0.1, 0.15) is 26.7 Å². The van der Waals surface area contributed by atoms with Crippen LogP contribution in [0.3, 0.4) is 0 Å². The fourth-order valence-corrected chi connectivity index (χ4v) is 5.16. The van der Waals surface area contributed by atoms with Gasteiger partial charge in [-0.2, -0.15) is 0 Å².